The molecule has 0 fully saturated rings. The predicted molar refractivity (Wildman–Crippen MR) is 125 cm³/mol. The minimum atomic E-state index is -0.0216. The van der Waals surface area contributed by atoms with E-state index in [2.05, 4.69) is 12.1 Å². The number of carbonyl (C=O) groups is 1. The molecule has 144 valence electrons. The van der Waals surface area contributed by atoms with Gasteiger partial charge in [0.05, 0.1) is 0 Å². The van der Waals surface area contributed by atoms with E-state index in [9.17, 15) is 4.79 Å². The first kappa shape index (κ1) is 18.9. The van der Waals surface area contributed by atoms with Gasteiger partial charge in [-0.15, -0.1) is 0 Å². The highest BCUT2D eigenvalue weighted by Gasteiger charge is 2.24. The van der Waals surface area contributed by atoms with Crippen molar-refractivity contribution in [3.05, 3.63) is 124 Å². The molecular weight excluding hydrogens is 411 g/mol. The minimum Gasteiger partial charge on any atom is -0.290 e. The molecule has 0 atom stereocenters. The van der Waals surface area contributed by atoms with Gasteiger partial charge < -0.3 is 0 Å². The molecule has 0 bridgehead atoms. The third-order valence-corrected chi connectivity index (χ3v) is 6.02. The van der Waals surface area contributed by atoms with E-state index in [1.54, 1.807) is 12.2 Å². The van der Waals surface area contributed by atoms with E-state index in [0.29, 0.717) is 10.0 Å². The average Bonchev–Trinajstić information content (AvgIpc) is 3.02. The fourth-order valence-electron chi connectivity index (χ4n) is 4.04. The Morgan fingerprint density at radius 2 is 1.00 bits per heavy atom. The third-order valence-electron chi connectivity index (χ3n) is 5.40. The van der Waals surface area contributed by atoms with Crippen molar-refractivity contribution in [1.82, 2.24) is 0 Å². The van der Waals surface area contributed by atoms with Gasteiger partial charge in [-0.2, -0.15) is 0 Å². The monoisotopic (exact) mass is 426 g/mol. The van der Waals surface area contributed by atoms with Crippen molar-refractivity contribution in [2.45, 2.75) is 0 Å². The molecule has 0 saturated carbocycles. The van der Waals surface area contributed by atoms with E-state index in [-0.39, 0.29) is 5.78 Å². The van der Waals surface area contributed by atoms with Crippen LogP contribution in [0.3, 0.4) is 0 Å². The Kier molecular flexibility index (Phi) is 4.78. The van der Waals surface area contributed by atoms with Gasteiger partial charge in [-0.05, 0) is 57.7 Å². The van der Waals surface area contributed by atoms with E-state index in [4.69, 9.17) is 23.2 Å². The molecule has 5 rings (SSSR count). The normalized spacial score (nSPS) is 13.4. The number of ketones is 1. The highest BCUT2D eigenvalue weighted by molar-refractivity contribution is 6.35. The van der Waals surface area contributed by atoms with Crippen molar-refractivity contribution in [3.63, 3.8) is 0 Å². The molecule has 30 heavy (non-hydrogen) atoms. The second-order valence-corrected chi connectivity index (χ2v) is 8.00. The lowest BCUT2D eigenvalue weighted by molar-refractivity contribution is -0.110. The maximum absolute atomic E-state index is 11.8. The van der Waals surface area contributed by atoms with Crippen molar-refractivity contribution in [2.24, 2.45) is 0 Å². The Balaban J connectivity index is 1.86. The molecule has 0 spiro atoms. The zero-order chi connectivity index (χ0) is 20.7. The first-order valence-corrected chi connectivity index (χ1v) is 10.4. The Bertz CT molecular complexity index is 1230. The van der Waals surface area contributed by atoms with Gasteiger partial charge in [0.2, 0.25) is 0 Å². The third kappa shape index (κ3) is 3.17. The van der Waals surface area contributed by atoms with Gasteiger partial charge in [0, 0.05) is 21.2 Å². The van der Waals surface area contributed by atoms with Crippen LogP contribution in [0.1, 0.15) is 11.1 Å². The topological polar surface area (TPSA) is 17.1 Å². The molecule has 0 N–H and O–H groups in total. The number of allylic oxidation sites excluding steroid dienone is 5. The molecule has 0 amide bonds. The number of hydrogen-bond acceptors (Lipinski definition) is 1. The van der Waals surface area contributed by atoms with Gasteiger partial charge >= 0.3 is 0 Å². The molecule has 5 aliphatic rings. The molecule has 0 aromatic heterocycles. The first-order valence-electron chi connectivity index (χ1n) is 9.63. The second kappa shape index (κ2) is 7.60. The van der Waals surface area contributed by atoms with Crippen molar-refractivity contribution < 1.29 is 4.79 Å². The van der Waals surface area contributed by atoms with Gasteiger partial charge in [0.1, 0.15) is 0 Å². The fourth-order valence-corrected chi connectivity index (χ4v) is 4.58. The summed E-state index contributed by atoms with van der Waals surface area (Å²) in [6, 6.07) is 24.2. The summed E-state index contributed by atoms with van der Waals surface area (Å²) in [6.45, 7) is 0. The van der Waals surface area contributed by atoms with Gasteiger partial charge in [-0.1, -0.05) is 96.0 Å². The van der Waals surface area contributed by atoms with Crippen LogP contribution < -0.4 is 0 Å². The molecule has 0 heterocycles. The second-order valence-electron chi connectivity index (χ2n) is 7.19. The maximum Gasteiger partial charge on any atom is 0.178 e. The zero-order valence-corrected chi connectivity index (χ0v) is 17.4. The van der Waals surface area contributed by atoms with Crippen LogP contribution >= 0.6 is 23.2 Å². The fraction of sp³-hybridized carbons (Fsp3) is 0. The number of fused-ring (bicyclic) bond motifs is 2. The van der Waals surface area contributed by atoms with Crippen molar-refractivity contribution in [1.29, 1.82) is 0 Å². The predicted octanol–water partition coefficient (Wildman–Crippen LogP) is 7.70. The SMILES string of the molecule is O=C1C=CC(=C(c2cc(Cl)c3cccccc2-3)c2cc(Cl)c3cccccc2-3)C=C1. The lowest BCUT2D eigenvalue weighted by Gasteiger charge is -2.14. The minimum absolute atomic E-state index is 0.0216. The van der Waals surface area contributed by atoms with Crippen LogP contribution in [0.25, 0.3) is 27.8 Å². The number of halogens is 2. The first-order chi connectivity index (χ1) is 14.6. The largest absolute Gasteiger partial charge is 0.290 e. The highest BCUT2D eigenvalue weighted by Crippen LogP contribution is 2.47. The van der Waals surface area contributed by atoms with Crippen LogP contribution in [0, 0.1) is 0 Å². The molecule has 0 saturated heterocycles. The summed E-state index contributed by atoms with van der Waals surface area (Å²) in [7, 11) is 0. The summed E-state index contributed by atoms with van der Waals surface area (Å²) in [4.78, 5) is 11.8. The Labute approximate surface area is 185 Å². The molecule has 0 radical (unpaired) electrons. The quantitative estimate of drug-likeness (QED) is 0.320. The molecule has 0 unspecified atom stereocenters. The van der Waals surface area contributed by atoms with E-state index in [1.165, 1.54) is 0 Å². The van der Waals surface area contributed by atoms with Crippen molar-refractivity contribution >= 4 is 34.6 Å². The summed E-state index contributed by atoms with van der Waals surface area (Å²) in [5.74, 6) is -0.0216. The summed E-state index contributed by atoms with van der Waals surface area (Å²) < 4.78 is 0. The average molecular weight is 427 g/mol. The van der Waals surface area contributed by atoms with Crippen LogP contribution in [0.2, 0.25) is 10.0 Å². The van der Waals surface area contributed by atoms with Crippen LogP contribution in [-0.4, -0.2) is 5.78 Å². The summed E-state index contributed by atoms with van der Waals surface area (Å²) >= 11 is 13.3. The number of hydrogen-bond donors (Lipinski definition) is 0. The molecule has 0 aromatic rings. The van der Waals surface area contributed by atoms with Crippen LogP contribution in [0.15, 0.2) is 103 Å². The van der Waals surface area contributed by atoms with E-state index in [1.807, 2.05) is 72.8 Å². The van der Waals surface area contributed by atoms with Crippen molar-refractivity contribution in [3.8, 4) is 22.3 Å². The Morgan fingerprint density at radius 1 is 0.567 bits per heavy atom. The molecular formula is C27H16Cl2O. The molecule has 1 nitrogen and oxygen atoms in total. The van der Waals surface area contributed by atoms with E-state index < -0.39 is 0 Å². The Morgan fingerprint density at radius 3 is 1.47 bits per heavy atom. The standard InChI is InChI=1S/C27H16Cl2O/c28-25-15-23(19-7-3-1-5-9-21(19)25)27(17-11-13-18(30)14-12-17)24-16-26(29)22-10-6-2-4-8-20(22)24/h1-16H. The molecule has 3 heteroatoms. The highest BCUT2D eigenvalue weighted by atomic mass is 35.5. The summed E-state index contributed by atoms with van der Waals surface area (Å²) in [5, 5.41) is 1.39. The summed E-state index contributed by atoms with van der Waals surface area (Å²) in [6.07, 6.45) is 6.91. The Hall–Kier alpha value is -3.13. The summed E-state index contributed by atoms with van der Waals surface area (Å²) in [5.41, 5.74) is 8.05. The number of rotatable bonds is 2. The van der Waals surface area contributed by atoms with Crippen LogP contribution in [0.5, 0.6) is 0 Å². The lowest BCUT2D eigenvalue weighted by Crippen LogP contribution is -1.97. The van der Waals surface area contributed by atoms with Gasteiger partial charge in [-0.25, -0.2) is 0 Å². The van der Waals surface area contributed by atoms with Crippen LogP contribution in [0.4, 0.5) is 0 Å². The lowest BCUT2D eigenvalue weighted by atomic mass is 9.89. The molecule has 5 aliphatic carbocycles. The van der Waals surface area contributed by atoms with Crippen molar-refractivity contribution in [2.75, 3.05) is 0 Å². The smallest absolute Gasteiger partial charge is 0.178 e. The van der Waals surface area contributed by atoms with Gasteiger partial charge in [0.25, 0.3) is 0 Å². The van der Waals surface area contributed by atoms with E-state index >= 15 is 0 Å². The molecule has 0 aliphatic heterocycles. The van der Waals surface area contributed by atoms with Crippen LogP contribution in [-0.2, 0) is 4.79 Å². The number of carbonyl (C=O) groups excluding carboxylic acids is 1. The molecule has 0 aromatic carbocycles. The van der Waals surface area contributed by atoms with E-state index in [0.717, 1.165) is 44.5 Å². The van der Waals surface area contributed by atoms with Gasteiger partial charge in [-0.3, -0.25) is 4.79 Å². The zero-order valence-electron chi connectivity index (χ0n) is 15.9. The maximum atomic E-state index is 11.8. The van der Waals surface area contributed by atoms with Gasteiger partial charge in [0.15, 0.2) is 5.78 Å².